The molecule has 0 aliphatic carbocycles. The number of hydrogen-bond donors (Lipinski definition) is 1. The highest BCUT2D eigenvalue weighted by Gasteiger charge is 2.34. The molecule has 0 spiro atoms. The maximum atomic E-state index is 12.4. The van der Waals surface area contributed by atoms with Crippen LogP contribution < -0.4 is 0 Å². The first-order valence-corrected chi connectivity index (χ1v) is 7.75. The van der Waals surface area contributed by atoms with Crippen molar-refractivity contribution in [3.8, 4) is 0 Å². The Kier molecular flexibility index (Phi) is 4.35. The van der Waals surface area contributed by atoms with Crippen LogP contribution in [0.5, 0.6) is 0 Å². The van der Waals surface area contributed by atoms with Crippen molar-refractivity contribution in [3.63, 3.8) is 0 Å². The molecule has 6 heteroatoms. The van der Waals surface area contributed by atoms with Gasteiger partial charge in [-0.15, -0.1) is 11.3 Å². The Labute approximate surface area is 107 Å². The van der Waals surface area contributed by atoms with Crippen LogP contribution in [0.25, 0.3) is 0 Å². The first kappa shape index (κ1) is 14.6. The van der Waals surface area contributed by atoms with Gasteiger partial charge in [0.2, 0.25) is 10.0 Å². The molecule has 0 aliphatic rings. The van der Waals surface area contributed by atoms with Crippen molar-refractivity contribution in [2.24, 2.45) is 0 Å². The minimum atomic E-state index is -3.52. The van der Waals surface area contributed by atoms with Gasteiger partial charge in [0.05, 0.1) is 11.5 Å². The van der Waals surface area contributed by atoms with E-state index >= 15 is 0 Å². The smallest absolute Gasteiger partial charge is 0.244 e. The summed E-state index contributed by atoms with van der Waals surface area (Å²) in [6, 6.07) is 1.55. The monoisotopic (exact) mass is 277 g/mol. The van der Waals surface area contributed by atoms with Gasteiger partial charge in [0, 0.05) is 17.5 Å². The fraction of sp³-hybridized carbons (Fsp3) is 0.636. The van der Waals surface area contributed by atoms with Crippen molar-refractivity contribution in [1.82, 2.24) is 4.31 Å². The zero-order valence-corrected chi connectivity index (χ0v) is 12.2. The molecular formula is C11H19NO3S2. The molecule has 1 N–H and O–H groups in total. The van der Waals surface area contributed by atoms with E-state index in [0.717, 1.165) is 6.42 Å². The lowest BCUT2D eigenvalue weighted by atomic mass is 10.0. The Morgan fingerprint density at radius 2 is 2.06 bits per heavy atom. The van der Waals surface area contributed by atoms with Gasteiger partial charge >= 0.3 is 0 Å². The molecule has 0 aliphatic heterocycles. The second kappa shape index (κ2) is 5.06. The van der Waals surface area contributed by atoms with Crippen LogP contribution in [-0.4, -0.2) is 30.4 Å². The third-order valence-corrected chi connectivity index (χ3v) is 6.39. The Hall–Kier alpha value is -0.430. The molecular weight excluding hydrogens is 258 g/mol. The van der Waals surface area contributed by atoms with Gasteiger partial charge in [0.1, 0.15) is 0 Å². The average Bonchev–Trinajstić information content (AvgIpc) is 2.76. The van der Waals surface area contributed by atoms with Gasteiger partial charge in [-0.3, -0.25) is 0 Å². The van der Waals surface area contributed by atoms with Crippen LogP contribution in [0.1, 0.15) is 32.1 Å². The van der Waals surface area contributed by atoms with E-state index in [1.54, 1.807) is 18.5 Å². The van der Waals surface area contributed by atoms with Crippen LogP contribution >= 0.6 is 11.3 Å². The fourth-order valence-corrected chi connectivity index (χ4v) is 4.21. The largest absolute Gasteiger partial charge is 0.391 e. The number of aliphatic hydroxyl groups excluding tert-OH is 1. The SMILES string of the molecule is CCC(C)(C)N(C)S(=O)(=O)c1ccsc1CO. The number of thiophene rings is 1. The molecule has 0 unspecified atom stereocenters. The van der Waals surface area contributed by atoms with Crippen LogP contribution in [0.2, 0.25) is 0 Å². The quantitative estimate of drug-likeness (QED) is 0.896. The second-order valence-corrected chi connectivity index (χ2v) is 7.44. The summed E-state index contributed by atoms with van der Waals surface area (Å²) in [5.41, 5.74) is -0.437. The van der Waals surface area contributed by atoms with Crippen LogP contribution in [0.4, 0.5) is 0 Å². The van der Waals surface area contributed by atoms with Gasteiger partial charge in [-0.2, -0.15) is 4.31 Å². The molecule has 1 heterocycles. The zero-order chi connectivity index (χ0) is 13.3. The van der Waals surface area contributed by atoms with E-state index < -0.39 is 15.6 Å². The molecule has 0 bridgehead atoms. The summed E-state index contributed by atoms with van der Waals surface area (Å²) < 4.78 is 26.2. The van der Waals surface area contributed by atoms with Crippen LogP contribution in [0.15, 0.2) is 16.3 Å². The normalized spacial score (nSPS) is 13.3. The molecule has 0 saturated heterocycles. The molecule has 17 heavy (non-hydrogen) atoms. The van der Waals surface area contributed by atoms with Crippen molar-refractivity contribution in [3.05, 3.63) is 16.3 Å². The minimum Gasteiger partial charge on any atom is -0.391 e. The minimum absolute atomic E-state index is 0.217. The summed E-state index contributed by atoms with van der Waals surface area (Å²) in [4.78, 5) is 0.706. The lowest BCUT2D eigenvalue weighted by Crippen LogP contribution is -2.44. The highest BCUT2D eigenvalue weighted by Crippen LogP contribution is 2.29. The average molecular weight is 277 g/mol. The third kappa shape index (κ3) is 2.70. The van der Waals surface area contributed by atoms with Crippen LogP contribution in [0.3, 0.4) is 0 Å². The lowest BCUT2D eigenvalue weighted by Gasteiger charge is -2.33. The maximum Gasteiger partial charge on any atom is 0.244 e. The van der Waals surface area contributed by atoms with E-state index in [-0.39, 0.29) is 11.5 Å². The molecule has 4 nitrogen and oxygen atoms in total. The summed E-state index contributed by atoms with van der Waals surface area (Å²) >= 11 is 1.26. The van der Waals surface area contributed by atoms with Crippen molar-refractivity contribution >= 4 is 21.4 Å². The first-order chi connectivity index (χ1) is 7.77. The van der Waals surface area contributed by atoms with E-state index in [1.165, 1.54) is 15.6 Å². The van der Waals surface area contributed by atoms with Gasteiger partial charge in [-0.1, -0.05) is 6.92 Å². The molecule has 1 rings (SSSR count). The van der Waals surface area contributed by atoms with Crippen molar-refractivity contribution in [1.29, 1.82) is 0 Å². The van der Waals surface area contributed by atoms with Gasteiger partial charge in [-0.25, -0.2) is 8.42 Å². The van der Waals surface area contributed by atoms with Gasteiger partial charge < -0.3 is 5.11 Å². The maximum absolute atomic E-state index is 12.4. The number of hydrogen-bond acceptors (Lipinski definition) is 4. The highest BCUT2D eigenvalue weighted by molar-refractivity contribution is 7.89. The van der Waals surface area contributed by atoms with Crippen molar-refractivity contribution in [2.45, 2.75) is 44.2 Å². The Morgan fingerprint density at radius 3 is 2.53 bits per heavy atom. The van der Waals surface area contributed by atoms with Crippen LogP contribution in [0, 0.1) is 0 Å². The van der Waals surface area contributed by atoms with E-state index in [2.05, 4.69) is 0 Å². The number of aliphatic hydroxyl groups is 1. The van der Waals surface area contributed by atoms with Crippen molar-refractivity contribution in [2.75, 3.05) is 7.05 Å². The predicted octanol–water partition coefficient (Wildman–Crippen LogP) is 2.05. The van der Waals surface area contributed by atoms with Gasteiger partial charge in [0.25, 0.3) is 0 Å². The van der Waals surface area contributed by atoms with E-state index in [9.17, 15) is 8.42 Å². The summed E-state index contributed by atoms with van der Waals surface area (Å²) in [7, 11) is -1.94. The summed E-state index contributed by atoms with van der Waals surface area (Å²) in [5.74, 6) is 0. The molecule has 0 saturated carbocycles. The van der Waals surface area contributed by atoms with E-state index in [0.29, 0.717) is 4.88 Å². The zero-order valence-electron chi connectivity index (χ0n) is 10.6. The summed E-state index contributed by atoms with van der Waals surface area (Å²) in [6.07, 6.45) is 0.724. The molecule has 1 aromatic rings. The molecule has 0 atom stereocenters. The summed E-state index contributed by atoms with van der Waals surface area (Å²) in [5, 5.41) is 10.8. The Morgan fingerprint density at radius 1 is 1.47 bits per heavy atom. The molecule has 0 fully saturated rings. The topological polar surface area (TPSA) is 57.6 Å². The highest BCUT2D eigenvalue weighted by atomic mass is 32.2. The second-order valence-electron chi connectivity index (χ2n) is 4.50. The third-order valence-electron chi connectivity index (χ3n) is 3.20. The first-order valence-electron chi connectivity index (χ1n) is 5.43. The van der Waals surface area contributed by atoms with Crippen molar-refractivity contribution < 1.29 is 13.5 Å². The fourth-order valence-electron chi connectivity index (χ4n) is 1.37. The number of sulfonamides is 1. The van der Waals surface area contributed by atoms with Gasteiger partial charge in [-0.05, 0) is 31.7 Å². The van der Waals surface area contributed by atoms with Crippen LogP contribution in [-0.2, 0) is 16.6 Å². The Balaban J connectivity index is 3.21. The summed E-state index contributed by atoms with van der Waals surface area (Å²) in [6.45, 7) is 5.48. The number of rotatable bonds is 5. The molecule has 1 aromatic heterocycles. The van der Waals surface area contributed by atoms with Gasteiger partial charge in [0.15, 0.2) is 0 Å². The van der Waals surface area contributed by atoms with E-state index in [1.807, 2.05) is 20.8 Å². The predicted molar refractivity (Wildman–Crippen MR) is 69.6 cm³/mol. The molecule has 0 amide bonds. The molecule has 0 radical (unpaired) electrons. The number of nitrogens with zero attached hydrogens (tertiary/aromatic N) is 1. The Bertz CT molecular complexity index is 477. The molecule has 0 aromatic carbocycles. The standard InChI is InChI=1S/C11H19NO3S2/c1-5-11(2,3)12(4)17(14,15)10-6-7-16-9(10)8-13/h6-7,13H,5,8H2,1-4H3. The molecule has 98 valence electrons. The lowest BCUT2D eigenvalue weighted by molar-refractivity contribution is 0.255. The van der Waals surface area contributed by atoms with E-state index in [4.69, 9.17) is 5.11 Å².